The third kappa shape index (κ3) is 3.27. The summed E-state index contributed by atoms with van der Waals surface area (Å²) in [6.45, 7) is 6.27. The van der Waals surface area contributed by atoms with Crippen LogP contribution in [0.2, 0.25) is 0 Å². The Balaban J connectivity index is 4.42. The number of carbonyl (C=O) groups excluding carboxylic acids is 1. The molecule has 0 aliphatic heterocycles. The van der Waals surface area contributed by atoms with Crippen molar-refractivity contribution < 1.29 is 4.79 Å². The number of hydrogen-bond donors (Lipinski definition) is 2. The van der Waals surface area contributed by atoms with Crippen molar-refractivity contribution in [1.29, 1.82) is 0 Å². The maximum Gasteiger partial charge on any atom is 0.251 e. The molecule has 4 heteroatoms. The van der Waals surface area contributed by atoms with Crippen LogP contribution in [0.25, 0.3) is 0 Å². The Kier molecular flexibility index (Phi) is 6.49. The third-order valence-corrected chi connectivity index (χ3v) is 2.84. The standard InChI is InChI=1S/C10H23N3O/c1-5-8(6-2)13(4)9(7-3)10(14)12-11/h8-9H,5-7,11H2,1-4H3,(H,12,14). The number of nitrogens with one attached hydrogen (secondary N) is 1. The number of likely N-dealkylation sites (N-methyl/N-ethyl adjacent to an activating group) is 1. The van der Waals surface area contributed by atoms with Crippen LogP contribution in [0.5, 0.6) is 0 Å². The van der Waals surface area contributed by atoms with Gasteiger partial charge >= 0.3 is 0 Å². The highest BCUT2D eigenvalue weighted by atomic mass is 16.2. The van der Waals surface area contributed by atoms with E-state index in [1.807, 2.05) is 14.0 Å². The second-order valence-corrected chi connectivity index (χ2v) is 3.57. The van der Waals surface area contributed by atoms with Crippen molar-refractivity contribution in [1.82, 2.24) is 10.3 Å². The molecule has 0 saturated heterocycles. The maximum atomic E-state index is 11.4. The number of rotatable bonds is 6. The lowest BCUT2D eigenvalue weighted by molar-refractivity contribution is -0.127. The van der Waals surface area contributed by atoms with Gasteiger partial charge in [0.25, 0.3) is 5.91 Å². The van der Waals surface area contributed by atoms with Crippen LogP contribution in [-0.4, -0.2) is 29.9 Å². The monoisotopic (exact) mass is 201 g/mol. The number of nitrogens with zero attached hydrogens (tertiary/aromatic N) is 1. The summed E-state index contributed by atoms with van der Waals surface area (Å²) in [6.07, 6.45) is 2.90. The Morgan fingerprint density at radius 3 is 2.07 bits per heavy atom. The third-order valence-electron chi connectivity index (χ3n) is 2.84. The van der Waals surface area contributed by atoms with Crippen molar-refractivity contribution >= 4 is 5.91 Å². The Morgan fingerprint density at radius 2 is 1.79 bits per heavy atom. The van der Waals surface area contributed by atoms with Crippen LogP contribution in [-0.2, 0) is 4.79 Å². The van der Waals surface area contributed by atoms with E-state index >= 15 is 0 Å². The summed E-state index contributed by atoms with van der Waals surface area (Å²) in [7, 11) is 1.99. The summed E-state index contributed by atoms with van der Waals surface area (Å²) in [5, 5.41) is 0. The molecule has 0 saturated carbocycles. The SMILES string of the molecule is CCC(CC)N(C)C(CC)C(=O)NN. The van der Waals surface area contributed by atoms with Crippen LogP contribution in [0.3, 0.4) is 0 Å². The second-order valence-electron chi connectivity index (χ2n) is 3.57. The van der Waals surface area contributed by atoms with Crippen LogP contribution >= 0.6 is 0 Å². The molecule has 0 aromatic rings. The first-order valence-corrected chi connectivity index (χ1v) is 5.34. The van der Waals surface area contributed by atoms with Crippen molar-refractivity contribution in [3.63, 3.8) is 0 Å². The summed E-state index contributed by atoms with van der Waals surface area (Å²) in [5.41, 5.74) is 2.22. The molecule has 0 rings (SSSR count). The normalized spacial score (nSPS) is 13.4. The quantitative estimate of drug-likeness (QED) is 0.381. The van der Waals surface area contributed by atoms with E-state index < -0.39 is 0 Å². The molecular formula is C10H23N3O. The van der Waals surface area contributed by atoms with E-state index in [1.54, 1.807) is 0 Å². The van der Waals surface area contributed by atoms with Gasteiger partial charge in [0.05, 0.1) is 6.04 Å². The topological polar surface area (TPSA) is 58.4 Å². The second kappa shape index (κ2) is 6.79. The highest BCUT2D eigenvalue weighted by Crippen LogP contribution is 2.12. The predicted molar refractivity (Wildman–Crippen MR) is 58.5 cm³/mol. The molecule has 0 aliphatic carbocycles. The summed E-state index contributed by atoms with van der Waals surface area (Å²) < 4.78 is 0. The number of amides is 1. The van der Waals surface area contributed by atoms with Crippen LogP contribution < -0.4 is 11.3 Å². The fourth-order valence-electron chi connectivity index (χ4n) is 1.87. The first kappa shape index (κ1) is 13.4. The molecule has 0 spiro atoms. The Labute approximate surface area is 86.8 Å². The minimum absolute atomic E-state index is 0.0955. The van der Waals surface area contributed by atoms with Crippen molar-refractivity contribution in [2.45, 2.75) is 52.1 Å². The summed E-state index contributed by atoms with van der Waals surface area (Å²) in [6, 6.07) is 0.349. The van der Waals surface area contributed by atoms with Gasteiger partial charge in [-0.2, -0.15) is 0 Å². The molecule has 3 N–H and O–H groups in total. The predicted octanol–water partition coefficient (Wildman–Crippen LogP) is 0.875. The zero-order chi connectivity index (χ0) is 11.1. The lowest BCUT2D eigenvalue weighted by Crippen LogP contribution is -2.50. The lowest BCUT2D eigenvalue weighted by atomic mass is 10.1. The van der Waals surface area contributed by atoms with Crippen LogP contribution in [0.4, 0.5) is 0 Å². The van der Waals surface area contributed by atoms with Gasteiger partial charge in [-0.1, -0.05) is 20.8 Å². The Hall–Kier alpha value is -0.610. The highest BCUT2D eigenvalue weighted by Gasteiger charge is 2.24. The van der Waals surface area contributed by atoms with Gasteiger partial charge in [0.15, 0.2) is 0 Å². The van der Waals surface area contributed by atoms with Gasteiger partial charge in [0, 0.05) is 6.04 Å². The number of carbonyl (C=O) groups is 1. The van der Waals surface area contributed by atoms with Gasteiger partial charge in [-0.05, 0) is 26.3 Å². The van der Waals surface area contributed by atoms with Crippen LogP contribution in [0.1, 0.15) is 40.0 Å². The van der Waals surface area contributed by atoms with E-state index in [0.29, 0.717) is 6.04 Å². The van der Waals surface area contributed by atoms with Crippen molar-refractivity contribution in [3.8, 4) is 0 Å². The molecule has 0 heterocycles. The molecule has 0 aromatic heterocycles. The summed E-state index contributed by atoms with van der Waals surface area (Å²) in [4.78, 5) is 13.6. The van der Waals surface area contributed by atoms with Crippen molar-refractivity contribution in [2.24, 2.45) is 5.84 Å². The van der Waals surface area contributed by atoms with Gasteiger partial charge in [0.1, 0.15) is 0 Å². The highest BCUT2D eigenvalue weighted by molar-refractivity contribution is 5.81. The molecule has 1 atom stereocenters. The molecule has 84 valence electrons. The zero-order valence-electron chi connectivity index (χ0n) is 9.71. The van der Waals surface area contributed by atoms with E-state index in [1.165, 1.54) is 0 Å². The molecular weight excluding hydrogens is 178 g/mol. The minimum atomic E-state index is -0.107. The first-order valence-electron chi connectivity index (χ1n) is 5.34. The molecule has 0 aliphatic rings. The van der Waals surface area contributed by atoms with Crippen molar-refractivity contribution in [2.75, 3.05) is 7.05 Å². The zero-order valence-corrected chi connectivity index (χ0v) is 9.71. The average Bonchev–Trinajstić information content (AvgIpc) is 2.20. The van der Waals surface area contributed by atoms with Crippen LogP contribution in [0, 0.1) is 0 Å². The lowest BCUT2D eigenvalue weighted by Gasteiger charge is -2.32. The molecule has 1 unspecified atom stereocenters. The number of nitrogens with two attached hydrogens (primary N) is 1. The molecule has 0 aromatic carbocycles. The first-order chi connectivity index (χ1) is 6.62. The van der Waals surface area contributed by atoms with Crippen molar-refractivity contribution in [3.05, 3.63) is 0 Å². The number of hydrogen-bond acceptors (Lipinski definition) is 3. The Morgan fingerprint density at radius 1 is 1.29 bits per heavy atom. The van der Waals surface area contributed by atoms with E-state index in [4.69, 9.17) is 5.84 Å². The van der Waals surface area contributed by atoms with E-state index in [2.05, 4.69) is 24.2 Å². The minimum Gasteiger partial charge on any atom is -0.293 e. The molecule has 0 fully saturated rings. The molecule has 1 amide bonds. The molecule has 0 bridgehead atoms. The maximum absolute atomic E-state index is 11.4. The molecule has 0 radical (unpaired) electrons. The van der Waals surface area contributed by atoms with Gasteiger partial charge < -0.3 is 0 Å². The van der Waals surface area contributed by atoms with Gasteiger partial charge in [-0.15, -0.1) is 0 Å². The fraction of sp³-hybridized carbons (Fsp3) is 0.900. The summed E-state index contributed by atoms with van der Waals surface area (Å²) in [5.74, 6) is 5.05. The number of hydrazine groups is 1. The average molecular weight is 201 g/mol. The van der Waals surface area contributed by atoms with Crippen LogP contribution in [0.15, 0.2) is 0 Å². The van der Waals surface area contributed by atoms with Gasteiger partial charge in [0.2, 0.25) is 0 Å². The van der Waals surface area contributed by atoms with E-state index in [0.717, 1.165) is 19.3 Å². The van der Waals surface area contributed by atoms with E-state index in [-0.39, 0.29) is 11.9 Å². The smallest absolute Gasteiger partial charge is 0.251 e. The Bertz CT molecular complexity index is 169. The van der Waals surface area contributed by atoms with Gasteiger partial charge in [-0.3, -0.25) is 15.1 Å². The largest absolute Gasteiger partial charge is 0.293 e. The molecule has 14 heavy (non-hydrogen) atoms. The molecule has 4 nitrogen and oxygen atoms in total. The fourth-order valence-corrected chi connectivity index (χ4v) is 1.87. The summed E-state index contributed by atoms with van der Waals surface area (Å²) >= 11 is 0. The van der Waals surface area contributed by atoms with Gasteiger partial charge in [-0.25, -0.2) is 5.84 Å². The van der Waals surface area contributed by atoms with E-state index in [9.17, 15) is 4.79 Å².